The van der Waals surface area contributed by atoms with Gasteiger partial charge in [0.2, 0.25) is 0 Å². The van der Waals surface area contributed by atoms with E-state index in [1.54, 1.807) is 12.1 Å². The van der Waals surface area contributed by atoms with Gasteiger partial charge in [0.15, 0.2) is 0 Å². The Morgan fingerprint density at radius 2 is 2.10 bits per heavy atom. The van der Waals surface area contributed by atoms with Gasteiger partial charge in [0, 0.05) is 19.5 Å². The maximum absolute atomic E-state index is 8.38. The molecular formula is C8H6NZn-. The Kier molecular flexibility index (Phi) is 3.76. The summed E-state index contributed by atoms with van der Waals surface area (Å²) in [6, 6.07) is 9.22. The predicted octanol–water partition coefficient (Wildman–Crippen LogP) is 1.74. The smallest absolute Gasteiger partial charge is 0.0856 e. The summed E-state index contributed by atoms with van der Waals surface area (Å²) in [6.45, 7) is 3.68. The summed E-state index contributed by atoms with van der Waals surface area (Å²) < 4.78 is 0. The molecule has 0 unspecified atom stereocenters. The van der Waals surface area contributed by atoms with Gasteiger partial charge in [-0.3, -0.25) is 0 Å². The molecule has 0 fully saturated rings. The van der Waals surface area contributed by atoms with E-state index < -0.39 is 0 Å². The molecule has 0 heterocycles. The SMILES string of the molecule is [CH2-]c1cccc(C#N)c1.[Zn]. The van der Waals surface area contributed by atoms with E-state index in [1.807, 2.05) is 18.2 Å². The molecule has 0 bridgehead atoms. The van der Waals surface area contributed by atoms with Crippen LogP contribution in [0.25, 0.3) is 0 Å². The van der Waals surface area contributed by atoms with Gasteiger partial charge < -0.3 is 0 Å². The summed E-state index contributed by atoms with van der Waals surface area (Å²) in [5, 5.41) is 8.38. The topological polar surface area (TPSA) is 23.8 Å². The van der Waals surface area contributed by atoms with Gasteiger partial charge >= 0.3 is 0 Å². The molecule has 46 valence electrons. The molecule has 2 heteroatoms. The number of nitriles is 1. The average Bonchev–Trinajstić information content (AvgIpc) is 1.88. The molecule has 0 saturated carbocycles. The van der Waals surface area contributed by atoms with Crippen molar-refractivity contribution in [2.75, 3.05) is 0 Å². The normalized spacial score (nSPS) is 7.50. The molecule has 0 N–H and O–H groups in total. The van der Waals surface area contributed by atoms with Gasteiger partial charge in [0.05, 0.1) is 6.07 Å². The molecule has 0 aliphatic rings. The van der Waals surface area contributed by atoms with Crippen molar-refractivity contribution in [1.29, 1.82) is 5.26 Å². The molecule has 1 nitrogen and oxygen atoms in total. The van der Waals surface area contributed by atoms with Crippen LogP contribution in [0.5, 0.6) is 0 Å². The minimum atomic E-state index is 0. The van der Waals surface area contributed by atoms with Gasteiger partial charge in [-0.05, 0) is 5.56 Å². The Bertz CT molecular complexity index is 250. The van der Waals surface area contributed by atoms with Crippen molar-refractivity contribution in [3.8, 4) is 6.07 Å². The molecule has 0 amide bonds. The second kappa shape index (κ2) is 4.09. The van der Waals surface area contributed by atoms with E-state index in [9.17, 15) is 0 Å². The molecular weight excluding hydrogens is 175 g/mol. The molecule has 10 heavy (non-hydrogen) atoms. The van der Waals surface area contributed by atoms with E-state index in [4.69, 9.17) is 5.26 Å². The largest absolute Gasteiger partial charge is 0.199 e. The molecule has 0 atom stereocenters. The molecule has 0 aliphatic heterocycles. The first-order valence-corrected chi connectivity index (χ1v) is 2.65. The van der Waals surface area contributed by atoms with Crippen LogP contribution in [0.1, 0.15) is 11.1 Å². The maximum Gasteiger partial charge on any atom is 0.0856 e. The third kappa shape index (κ3) is 2.21. The van der Waals surface area contributed by atoms with Gasteiger partial charge in [-0.25, -0.2) is 0 Å². The third-order valence-electron chi connectivity index (χ3n) is 1.06. The molecule has 0 aliphatic carbocycles. The number of rotatable bonds is 0. The van der Waals surface area contributed by atoms with E-state index in [0.29, 0.717) is 5.56 Å². The zero-order valence-electron chi connectivity index (χ0n) is 5.67. The van der Waals surface area contributed by atoms with Crippen molar-refractivity contribution >= 4 is 0 Å². The Balaban J connectivity index is 0.000000810. The van der Waals surface area contributed by atoms with Gasteiger partial charge in [-0.15, -0.1) is 12.1 Å². The number of benzene rings is 1. The fourth-order valence-corrected chi connectivity index (χ4v) is 0.641. The molecule has 0 radical (unpaired) electrons. The summed E-state index contributed by atoms with van der Waals surface area (Å²) in [7, 11) is 0. The van der Waals surface area contributed by atoms with Gasteiger partial charge in [-0.1, -0.05) is 6.07 Å². The first-order valence-electron chi connectivity index (χ1n) is 2.65. The van der Waals surface area contributed by atoms with E-state index in [2.05, 4.69) is 6.92 Å². The Morgan fingerprint density at radius 1 is 1.40 bits per heavy atom. The van der Waals surface area contributed by atoms with Crippen molar-refractivity contribution in [3.05, 3.63) is 42.3 Å². The van der Waals surface area contributed by atoms with Crippen LogP contribution >= 0.6 is 0 Å². The first-order chi connectivity index (χ1) is 4.33. The minimum absolute atomic E-state index is 0. The molecule has 0 spiro atoms. The van der Waals surface area contributed by atoms with Crippen LogP contribution in [0.2, 0.25) is 0 Å². The molecule has 1 aromatic rings. The van der Waals surface area contributed by atoms with E-state index in [-0.39, 0.29) is 19.5 Å². The summed E-state index contributed by atoms with van der Waals surface area (Å²) in [5.41, 5.74) is 1.55. The van der Waals surface area contributed by atoms with E-state index in [1.165, 1.54) is 0 Å². The monoisotopic (exact) mass is 180 g/mol. The summed E-state index contributed by atoms with van der Waals surface area (Å²) in [6.07, 6.45) is 0. The van der Waals surface area contributed by atoms with Crippen molar-refractivity contribution < 1.29 is 19.5 Å². The van der Waals surface area contributed by atoms with Crippen LogP contribution in [0.4, 0.5) is 0 Å². The maximum atomic E-state index is 8.38. The summed E-state index contributed by atoms with van der Waals surface area (Å²) in [4.78, 5) is 0. The second-order valence-corrected chi connectivity index (χ2v) is 1.81. The van der Waals surface area contributed by atoms with Crippen molar-refractivity contribution in [1.82, 2.24) is 0 Å². The van der Waals surface area contributed by atoms with Crippen LogP contribution in [-0.4, -0.2) is 0 Å². The first kappa shape index (κ1) is 9.20. The predicted molar refractivity (Wildman–Crippen MR) is 35.6 cm³/mol. The zero-order valence-corrected chi connectivity index (χ0v) is 8.64. The Hall–Kier alpha value is -0.797. The standard InChI is InChI=1S/C8H6N.Zn/c1-7-3-2-4-8(5-7)6-9;/h2-5H,1H2;/q-1;. The Morgan fingerprint density at radius 3 is 2.50 bits per heavy atom. The van der Waals surface area contributed by atoms with E-state index in [0.717, 1.165) is 5.56 Å². The molecule has 0 aromatic heterocycles. The number of hydrogen-bond donors (Lipinski definition) is 0. The van der Waals surface area contributed by atoms with Crippen molar-refractivity contribution in [2.45, 2.75) is 0 Å². The van der Waals surface area contributed by atoms with Gasteiger partial charge in [-0.2, -0.15) is 23.8 Å². The molecule has 0 saturated heterocycles. The van der Waals surface area contributed by atoms with Crippen LogP contribution in [0, 0.1) is 18.3 Å². The van der Waals surface area contributed by atoms with Crippen molar-refractivity contribution in [3.63, 3.8) is 0 Å². The van der Waals surface area contributed by atoms with Crippen molar-refractivity contribution in [2.24, 2.45) is 0 Å². The molecule has 1 aromatic carbocycles. The van der Waals surface area contributed by atoms with Crippen LogP contribution in [0.3, 0.4) is 0 Å². The summed E-state index contributed by atoms with van der Waals surface area (Å²) in [5.74, 6) is 0. The van der Waals surface area contributed by atoms with E-state index >= 15 is 0 Å². The quantitative estimate of drug-likeness (QED) is 0.442. The Labute approximate surface area is 73.4 Å². The molecule has 1 rings (SSSR count). The zero-order chi connectivity index (χ0) is 6.69. The average molecular weight is 182 g/mol. The second-order valence-electron chi connectivity index (χ2n) is 1.81. The number of hydrogen-bond acceptors (Lipinski definition) is 1. The fraction of sp³-hybridized carbons (Fsp3) is 0. The number of nitrogens with zero attached hydrogens (tertiary/aromatic N) is 1. The third-order valence-corrected chi connectivity index (χ3v) is 1.06. The van der Waals surface area contributed by atoms with Gasteiger partial charge in [0.25, 0.3) is 0 Å². The van der Waals surface area contributed by atoms with Gasteiger partial charge in [0.1, 0.15) is 0 Å². The fourth-order valence-electron chi connectivity index (χ4n) is 0.641. The van der Waals surface area contributed by atoms with Crippen LogP contribution < -0.4 is 0 Å². The van der Waals surface area contributed by atoms with Crippen LogP contribution in [-0.2, 0) is 19.5 Å². The van der Waals surface area contributed by atoms with Crippen LogP contribution in [0.15, 0.2) is 24.3 Å². The minimum Gasteiger partial charge on any atom is -0.199 e. The summed E-state index contributed by atoms with van der Waals surface area (Å²) >= 11 is 0.